The Labute approximate surface area is 57.1 Å². The first-order chi connectivity index (χ1) is 4.34. The maximum absolute atomic E-state index is 5.48. The van der Waals surface area contributed by atoms with Gasteiger partial charge in [-0.05, 0) is 26.5 Å². The lowest BCUT2D eigenvalue weighted by Gasteiger charge is -1.98. The molecular weight excluding hydrogens is 129 g/mol. The SMILES string of the molecule is Cc1ccccc1PN. The molecule has 1 nitrogen and oxygen atoms in total. The molecule has 1 aromatic carbocycles. The fourth-order valence-electron chi connectivity index (χ4n) is 0.735. The summed E-state index contributed by atoms with van der Waals surface area (Å²) in [5, 5.41) is 1.26. The number of aryl methyl sites for hydroxylation is 1. The van der Waals surface area contributed by atoms with Crippen molar-refractivity contribution in [1.29, 1.82) is 0 Å². The molecular formula is C7H10NP. The van der Waals surface area contributed by atoms with Gasteiger partial charge in [0.2, 0.25) is 0 Å². The molecule has 2 N–H and O–H groups in total. The highest BCUT2D eigenvalue weighted by Crippen LogP contribution is 2.02. The fraction of sp³-hybridized carbons (Fsp3) is 0.143. The molecule has 0 fully saturated rings. The number of benzene rings is 1. The highest BCUT2D eigenvalue weighted by Gasteiger charge is 1.89. The van der Waals surface area contributed by atoms with Crippen molar-refractivity contribution >= 4 is 14.0 Å². The molecule has 9 heavy (non-hydrogen) atoms. The van der Waals surface area contributed by atoms with Crippen molar-refractivity contribution in [3.63, 3.8) is 0 Å². The normalized spacial score (nSPS) is 10.9. The van der Waals surface area contributed by atoms with Gasteiger partial charge in [0.1, 0.15) is 0 Å². The predicted molar refractivity (Wildman–Crippen MR) is 43.3 cm³/mol. The zero-order valence-corrected chi connectivity index (χ0v) is 6.39. The molecule has 0 heterocycles. The van der Waals surface area contributed by atoms with E-state index in [1.807, 2.05) is 12.1 Å². The summed E-state index contributed by atoms with van der Waals surface area (Å²) in [5.74, 6) is 0. The van der Waals surface area contributed by atoms with Crippen LogP contribution in [0.1, 0.15) is 5.56 Å². The Morgan fingerprint density at radius 3 is 2.44 bits per heavy atom. The van der Waals surface area contributed by atoms with Gasteiger partial charge in [-0.15, -0.1) is 0 Å². The van der Waals surface area contributed by atoms with Gasteiger partial charge in [0, 0.05) is 0 Å². The molecule has 1 unspecified atom stereocenters. The van der Waals surface area contributed by atoms with Crippen LogP contribution in [0, 0.1) is 6.92 Å². The maximum Gasteiger partial charge on any atom is -0.00978 e. The summed E-state index contributed by atoms with van der Waals surface area (Å²) in [7, 11) is 0.429. The van der Waals surface area contributed by atoms with E-state index in [2.05, 4.69) is 19.1 Å². The molecule has 1 rings (SSSR count). The van der Waals surface area contributed by atoms with Gasteiger partial charge in [-0.25, -0.2) is 0 Å². The summed E-state index contributed by atoms with van der Waals surface area (Å²) in [6.45, 7) is 2.08. The summed E-state index contributed by atoms with van der Waals surface area (Å²) >= 11 is 0. The Balaban J connectivity index is 3.01. The first-order valence-corrected chi connectivity index (χ1v) is 3.94. The molecule has 1 aromatic rings. The van der Waals surface area contributed by atoms with Crippen LogP contribution in [0.4, 0.5) is 0 Å². The number of hydrogen-bond donors (Lipinski definition) is 1. The molecule has 1 atom stereocenters. The largest absolute Gasteiger partial charge is 0.308 e. The molecule has 0 aliphatic heterocycles. The van der Waals surface area contributed by atoms with Crippen LogP contribution in [0.5, 0.6) is 0 Å². The number of hydrogen-bond acceptors (Lipinski definition) is 1. The van der Waals surface area contributed by atoms with Crippen molar-refractivity contribution in [3.05, 3.63) is 29.8 Å². The van der Waals surface area contributed by atoms with Crippen LogP contribution in [0.25, 0.3) is 0 Å². The average Bonchev–Trinajstić information content (AvgIpc) is 1.89. The Morgan fingerprint density at radius 1 is 1.33 bits per heavy atom. The molecule has 2 heteroatoms. The van der Waals surface area contributed by atoms with Gasteiger partial charge in [-0.2, -0.15) is 0 Å². The number of nitrogens with two attached hydrogens (primary N) is 1. The van der Waals surface area contributed by atoms with Gasteiger partial charge < -0.3 is 5.50 Å². The second kappa shape index (κ2) is 2.95. The molecule has 0 radical (unpaired) electrons. The smallest absolute Gasteiger partial charge is 0.00978 e. The molecule has 0 saturated carbocycles. The van der Waals surface area contributed by atoms with Crippen LogP contribution in [-0.4, -0.2) is 0 Å². The molecule has 0 bridgehead atoms. The van der Waals surface area contributed by atoms with Crippen LogP contribution in [0.3, 0.4) is 0 Å². The van der Waals surface area contributed by atoms with E-state index in [0.29, 0.717) is 8.73 Å². The van der Waals surface area contributed by atoms with E-state index in [-0.39, 0.29) is 0 Å². The average molecular weight is 139 g/mol. The summed E-state index contributed by atoms with van der Waals surface area (Å²) in [4.78, 5) is 0. The first kappa shape index (κ1) is 6.73. The monoisotopic (exact) mass is 139 g/mol. The minimum atomic E-state index is 0.429. The molecule has 0 aliphatic carbocycles. The van der Waals surface area contributed by atoms with Gasteiger partial charge in [-0.1, -0.05) is 24.3 Å². The second-order valence-corrected chi connectivity index (χ2v) is 2.79. The topological polar surface area (TPSA) is 26.0 Å². The van der Waals surface area contributed by atoms with E-state index in [9.17, 15) is 0 Å². The lowest BCUT2D eigenvalue weighted by atomic mass is 10.2. The van der Waals surface area contributed by atoms with Crippen LogP contribution >= 0.6 is 8.73 Å². The van der Waals surface area contributed by atoms with Crippen LogP contribution in [0.2, 0.25) is 0 Å². The van der Waals surface area contributed by atoms with Gasteiger partial charge >= 0.3 is 0 Å². The van der Waals surface area contributed by atoms with Crippen molar-refractivity contribution in [2.75, 3.05) is 0 Å². The summed E-state index contributed by atoms with van der Waals surface area (Å²) in [5.41, 5.74) is 6.77. The van der Waals surface area contributed by atoms with Crippen LogP contribution < -0.4 is 10.8 Å². The van der Waals surface area contributed by atoms with E-state index in [4.69, 9.17) is 5.50 Å². The van der Waals surface area contributed by atoms with Crippen molar-refractivity contribution < 1.29 is 0 Å². The molecule has 0 spiro atoms. The standard InChI is InChI=1S/C7H10NP/c1-6-4-2-3-5-7(6)9-8/h2-5,9H,8H2,1H3. The second-order valence-electron chi connectivity index (χ2n) is 1.96. The highest BCUT2D eigenvalue weighted by atomic mass is 31.1. The van der Waals surface area contributed by atoms with Crippen molar-refractivity contribution in [3.8, 4) is 0 Å². The first-order valence-electron chi connectivity index (χ1n) is 2.87. The third kappa shape index (κ3) is 1.51. The highest BCUT2D eigenvalue weighted by molar-refractivity contribution is 7.44. The predicted octanol–water partition coefficient (Wildman–Crippen LogP) is 1.17. The summed E-state index contributed by atoms with van der Waals surface area (Å²) in [6.07, 6.45) is 0. The Hall–Kier alpha value is -0.390. The van der Waals surface area contributed by atoms with E-state index in [1.54, 1.807) is 0 Å². The quantitative estimate of drug-likeness (QED) is 0.581. The van der Waals surface area contributed by atoms with E-state index < -0.39 is 0 Å². The van der Waals surface area contributed by atoms with Gasteiger partial charge in [0.25, 0.3) is 0 Å². The third-order valence-corrected chi connectivity index (χ3v) is 2.17. The molecule has 0 amide bonds. The van der Waals surface area contributed by atoms with Crippen molar-refractivity contribution in [2.45, 2.75) is 6.92 Å². The molecule has 0 aliphatic rings. The Kier molecular flexibility index (Phi) is 2.21. The van der Waals surface area contributed by atoms with Crippen molar-refractivity contribution in [2.24, 2.45) is 5.50 Å². The van der Waals surface area contributed by atoms with E-state index in [1.165, 1.54) is 10.9 Å². The van der Waals surface area contributed by atoms with Gasteiger partial charge in [0.15, 0.2) is 0 Å². The Morgan fingerprint density at radius 2 is 2.00 bits per heavy atom. The fourth-order valence-corrected chi connectivity index (χ4v) is 1.24. The third-order valence-electron chi connectivity index (χ3n) is 1.30. The Bertz CT molecular complexity index is 198. The minimum Gasteiger partial charge on any atom is -0.308 e. The summed E-state index contributed by atoms with van der Waals surface area (Å²) in [6, 6.07) is 8.18. The lowest BCUT2D eigenvalue weighted by molar-refractivity contribution is 1.52. The molecule has 0 aromatic heterocycles. The minimum absolute atomic E-state index is 0.429. The molecule has 0 saturated heterocycles. The summed E-state index contributed by atoms with van der Waals surface area (Å²) < 4.78 is 0. The number of rotatable bonds is 1. The molecule has 48 valence electrons. The van der Waals surface area contributed by atoms with Crippen LogP contribution in [-0.2, 0) is 0 Å². The van der Waals surface area contributed by atoms with E-state index >= 15 is 0 Å². The van der Waals surface area contributed by atoms with E-state index in [0.717, 1.165) is 0 Å². The van der Waals surface area contributed by atoms with Gasteiger partial charge in [-0.3, -0.25) is 0 Å². The lowest BCUT2D eigenvalue weighted by Crippen LogP contribution is -2.01. The van der Waals surface area contributed by atoms with Gasteiger partial charge in [0.05, 0.1) is 0 Å². The maximum atomic E-state index is 5.48. The zero-order chi connectivity index (χ0) is 6.69. The zero-order valence-electron chi connectivity index (χ0n) is 5.39. The van der Waals surface area contributed by atoms with Crippen molar-refractivity contribution in [1.82, 2.24) is 0 Å². The van der Waals surface area contributed by atoms with Crippen LogP contribution in [0.15, 0.2) is 24.3 Å².